The van der Waals surface area contributed by atoms with E-state index in [1.807, 2.05) is 32.0 Å². The van der Waals surface area contributed by atoms with E-state index in [1.165, 1.54) is 0 Å². The quantitative estimate of drug-likeness (QED) is 0.876. The normalized spacial score (nSPS) is 19.5. The topological polar surface area (TPSA) is 52.6 Å². The molecule has 0 saturated carbocycles. The number of rotatable bonds is 5. The Kier molecular flexibility index (Phi) is 5.76. The van der Waals surface area contributed by atoms with Crippen LogP contribution in [0.3, 0.4) is 0 Å². The molecule has 1 aliphatic heterocycles. The maximum Gasteiger partial charge on any atom is 0.224 e. The molecule has 1 saturated heterocycles. The van der Waals surface area contributed by atoms with Crippen LogP contribution in [-0.2, 0) is 4.79 Å². The van der Waals surface area contributed by atoms with Gasteiger partial charge in [-0.25, -0.2) is 0 Å². The van der Waals surface area contributed by atoms with Crippen LogP contribution in [-0.4, -0.2) is 41.7 Å². The van der Waals surface area contributed by atoms with Gasteiger partial charge in [0, 0.05) is 18.7 Å². The average molecular weight is 290 g/mol. The first-order valence-electron chi connectivity index (χ1n) is 7.83. The van der Waals surface area contributed by atoms with Crippen molar-refractivity contribution < 1.29 is 9.90 Å². The van der Waals surface area contributed by atoms with Gasteiger partial charge in [-0.3, -0.25) is 4.79 Å². The lowest BCUT2D eigenvalue weighted by Gasteiger charge is -2.29. The number of amides is 1. The molecule has 1 aromatic carbocycles. The molecular formula is C17H26N2O2. The van der Waals surface area contributed by atoms with Crippen molar-refractivity contribution in [3.8, 4) is 0 Å². The second-order valence-electron chi connectivity index (χ2n) is 6.02. The number of benzene rings is 1. The summed E-state index contributed by atoms with van der Waals surface area (Å²) in [5.41, 5.74) is 3.14. The molecule has 1 amide bonds. The Balaban J connectivity index is 1.75. The van der Waals surface area contributed by atoms with Crippen LogP contribution in [0.5, 0.6) is 0 Å². The number of hydrogen-bond donors (Lipinski definition) is 2. The number of hydrogen-bond acceptors (Lipinski definition) is 3. The molecule has 1 heterocycles. The van der Waals surface area contributed by atoms with Crippen molar-refractivity contribution in [3.63, 3.8) is 0 Å². The fourth-order valence-corrected chi connectivity index (χ4v) is 2.91. The molecule has 0 aromatic heterocycles. The van der Waals surface area contributed by atoms with Gasteiger partial charge in [-0.1, -0.05) is 18.2 Å². The Hall–Kier alpha value is -1.39. The van der Waals surface area contributed by atoms with Crippen molar-refractivity contribution in [2.45, 2.75) is 45.6 Å². The SMILES string of the molecule is Cc1cccc(C)c1NC(=O)CCCN1CCCC(O)C1. The van der Waals surface area contributed by atoms with Crippen molar-refractivity contribution in [1.29, 1.82) is 0 Å². The summed E-state index contributed by atoms with van der Waals surface area (Å²) in [6.45, 7) is 6.70. The molecule has 1 atom stereocenters. The Bertz CT molecular complexity index is 467. The van der Waals surface area contributed by atoms with Crippen molar-refractivity contribution in [3.05, 3.63) is 29.3 Å². The second-order valence-corrected chi connectivity index (χ2v) is 6.02. The van der Waals surface area contributed by atoms with E-state index in [0.29, 0.717) is 6.42 Å². The highest BCUT2D eigenvalue weighted by Crippen LogP contribution is 2.19. The van der Waals surface area contributed by atoms with Crippen molar-refractivity contribution in [2.24, 2.45) is 0 Å². The van der Waals surface area contributed by atoms with E-state index in [4.69, 9.17) is 0 Å². The molecule has 1 aromatic rings. The number of para-hydroxylation sites is 1. The highest BCUT2D eigenvalue weighted by atomic mass is 16.3. The molecule has 4 heteroatoms. The Morgan fingerprint density at radius 3 is 2.76 bits per heavy atom. The molecule has 21 heavy (non-hydrogen) atoms. The monoisotopic (exact) mass is 290 g/mol. The molecule has 0 radical (unpaired) electrons. The highest BCUT2D eigenvalue weighted by molar-refractivity contribution is 5.92. The minimum Gasteiger partial charge on any atom is -0.392 e. The number of nitrogens with zero attached hydrogens (tertiary/aromatic N) is 1. The molecular weight excluding hydrogens is 264 g/mol. The number of likely N-dealkylation sites (tertiary alicyclic amines) is 1. The summed E-state index contributed by atoms with van der Waals surface area (Å²) in [4.78, 5) is 14.3. The summed E-state index contributed by atoms with van der Waals surface area (Å²) in [7, 11) is 0. The smallest absolute Gasteiger partial charge is 0.224 e. The van der Waals surface area contributed by atoms with Gasteiger partial charge in [0.15, 0.2) is 0 Å². The number of piperidine rings is 1. The first kappa shape index (κ1) is 16.0. The number of anilines is 1. The number of aliphatic hydroxyl groups excluding tert-OH is 1. The van der Waals surface area contributed by atoms with Crippen molar-refractivity contribution in [2.75, 3.05) is 25.0 Å². The third-order valence-corrected chi connectivity index (χ3v) is 4.10. The van der Waals surface area contributed by atoms with E-state index in [0.717, 1.165) is 55.7 Å². The molecule has 4 nitrogen and oxygen atoms in total. The second kappa shape index (κ2) is 7.57. The van der Waals surface area contributed by atoms with Crippen LogP contribution in [0.25, 0.3) is 0 Å². The van der Waals surface area contributed by atoms with Gasteiger partial charge >= 0.3 is 0 Å². The number of aliphatic hydroxyl groups is 1. The molecule has 1 unspecified atom stereocenters. The molecule has 116 valence electrons. The fourth-order valence-electron chi connectivity index (χ4n) is 2.91. The maximum atomic E-state index is 12.0. The van der Waals surface area contributed by atoms with E-state index in [1.54, 1.807) is 0 Å². The fraction of sp³-hybridized carbons (Fsp3) is 0.588. The summed E-state index contributed by atoms with van der Waals surface area (Å²) < 4.78 is 0. The van der Waals surface area contributed by atoms with E-state index >= 15 is 0 Å². The van der Waals surface area contributed by atoms with Gasteiger partial charge in [0.1, 0.15) is 0 Å². The third-order valence-electron chi connectivity index (χ3n) is 4.10. The van der Waals surface area contributed by atoms with Crippen molar-refractivity contribution in [1.82, 2.24) is 4.90 Å². The van der Waals surface area contributed by atoms with Crippen LogP contribution < -0.4 is 5.32 Å². The molecule has 2 rings (SSSR count). The van der Waals surface area contributed by atoms with Crippen LogP contribution >= 0.6 is 0 Å². The maximum absolute atomic E-state index is 12.0. The first-order valence-corrected chi connectivity index (χ1v) is 7.83. The zero-order valence-electron chi connectivity index (χ0n) is 13.1. The van der Waals surface area contributed by atoms with Gasteiger partial charge in [0.25, 0.3) is 0 Å². The lowest BCUT2D eigenvalue weighted by Crippen LogP contribution is -2.38. The van der Waals surface area contributed by atoms with Gasteiger partial charge in [0.2, 0.25) is 5.91 Å². The van der Waals surface area contributed by atoms with Gasteiger partial charge in [0.05, 0.1) is 6.10 Å². The zero-order chi connectivity index (χ0) is 15.2. The predicted molar refractivity (Wildman–Crippen MR) is 85.5 cm³/mol. The van der Waals surface area contributed by atoms with Crippen molar-refractivity contribution >= 4 is 11.6 Å². The number of nitrogens with one attached hydrogen (secondary N) is 1. The van der Waals surface area contributed by atoms with Crippen LogP contribution in [0, 0.1) is 13.8 Å². The predicted octanol–water partition coefficient (Wildman–Crippen LogP) is 2.48. The van der Waals surface area contributed by atoms with Gasteiger partial charge < -0.3 is 15.3 Å². The van der Waals surface area contributed by atoms with Gasteiger partial charge in [-0.2, -0.15) is 0 Å². The van der Waals surface area contributed by atoms with Crippen LogP contribution in [0.2, 0.25) is 0 Å². The molecule has 0 spiro atoms. The number of β-amino-alcohol motifs (C(OH)–C–C–N with tert-alkyl or cyclic N) is 1. The standard InChI is InChI=1S/C17H26N2O2/c1-13-6-3-7-14(2)17(13)18-16(21)9-5-11-19-10-4-8-15(20)12-19/h3,6-7,15,20H,4-5,8-12H2,1-2H3,(H,18,21). The van der Waals surface area contributed by atoms with Crippen LogP contribution in [0.15, 0.2) is 18.2 Å². The summed E-state index contributed by atoms with van der Waals surface area (Å²) >= 11 is 0. The molecule has 0 bridgehead atoms. The Morgan fingerprint density at radius 1 is 1.38 bits per heavy atom. The largest absolute Gasteiger partial charge is 0.392 e. The third kappa shape index (κ3) is 4.83. The van der Waals surface area contributed by atoms with E-state index in [-0.39, 0.29) is 12.0 Å². The van der Waals surface area contributed by atoms with E-state index < -0.39 is 0 Å². The van der Waals surface area contributed by atoms with Gasteiger partial charge in [-0.15, -0.1) is 0 Å². The number of carbonyl (C=O) groups is 1. The minimum atomic E-state index is -0.192. The summed E-state index contributed by atoms with van der Waals surface area (Å²) in [6.07, 6.45) is 3.13. The molecule has 1 aliphatic rings. The summed E-state index contributed by atoms with van der Waals surface area (Å²) in [5.74, 6) is 0.0740. The van der Waals surface area contributed by atoms with Crippen LogP contribution in [0.4, 0.5) is 5.69 Å². The Morgan fingerprint density at radius 2 is 2.10 bits per heavy atom. The summed E-state index contributed by atoms with van der Waals surface area (Å²) in [5, 5.41) is 12.6. The number of aryl methyl sites for hydroxylation is 2. The molecule has 0 aliphatic carbocycles. The van der Waals surface area contributed by atoms with Gasteiger partial charge in [-0.05, 0) is 57.3 Å². The average Bonchev–Trinajstić information content (AvgIpc) is 2.43. The van der Waals surface area contributed by atoms with E-state index in [2.05, 4.69) is 10.2 Å². The molecule has 1 fully saturated rings. The highest BCUT2D eigenvalue weighted by Gasteiger charge is 2.17. The Labute approximate surface area is 127 Å². The first-order chi connectivity index (χ1) is 10.1. The molecule has 2 N–H and O–H groups in total. The lowest BCUT2D eigenvalue weighted by molar-refractivity contribution is -0.116. The zero-order valence-corrected chi connectivity index (χ0v) is 13.1. The lowest BCUT2D eigenvalue weighted by atomic mass is 10.1. The van der Waals surface area contributed by atoms with Crippen LogP contribution in [0.1, 0.15) is 36.8 Å². The minimum absolute atomic E-state index is 0.0740. The number of carbonyl (C=O) groups excluding carboxylic acids is 1. The van der Waals surface area contributed by atoms with E-state index in [9.17, 15) is 9.90 Å². The summed E-state index contributed by atoms with van der Waals surface area (Å²) in [6, 6.07) is 6.03.